The van der Waals surface area contributed by atoms with Gasteiger partial charge in [0.25, 0.3) is 0 Å². The van der Waals surface area contributed by atoms with Gasteiger partial charge in [0, 0.05) is 11.3 Å². The van der Waals surface area contributed by atoms with E-state index in [0.29, 0.717) is 18.1 Å². The van der Waals surface area contributed by atoms with Gasteiger partial charge in [0.05, 0.1) is 25.0 Å². The van der Waals surface area contributed by atoms with Gasteiger partial charge in [-0.25, -0.2) is 13.1 Å². The quantitative estimate of drug-likeness (QED) is 0.370. The number of nitrogens with zero attached hydrogens (tertiary/aromatic N) is 1. The number of alkyl halides is 1. The third kappa shape index (κ3) is 7.52. The summed E-state index contributed by atoms with van der Waals surface area (Å²) < 4.78 is 35.4. The number of nitriles is 1. The van der Waals surface area contributed by atoms with Crippen LogP contribution in [0.15, 0.2) is 42.5 Å². The molecule has 0 unspecified atom stereocenters. The first-order valence-corrected chi connectivity index (χ1v) is 12.4. The third-order valence-corrected chi connectivity index (χ3v) is 5.80. The van der Waals surface area contributed by atoms with E-state index in [-0.39, 0.29) is 18.9 Å². The van der Waals surface area contributed by atoms with Gasteiger partial charge in [0.15, 0.2) is 5.78 Å². The predicted molar refractivity (Wildman–Crippen MR) is 124 cm³/mol. The predicted octanol–water partition coefficient (Wildman–Crippen LogP) is 3.39. The Hall–Kier alpha value is -2.60. The normalized spacial score (nSPS) is 11.6. The lowest BCUT2D eigenvalue weighted by Gasteiger charge is -2.27. The summed E-state index contributed by atoms with van der Waals surface area (Å²) in [5.41, 5.74) is 1.85. The van der Waals surface area contributed by atoms with Crippen LogP contribution in [0.25, 0.3) is 0 Å². The summed E-state index contributed by atoms with van der Waals surface area (Å²) in [7, 11) is -3.46. The minimum atomic E-state index is -3.46. The van der Waals surface area contributed by atoms with Crippen molar-refractivity contribution < 1.29 is 22.7 Å². The van der Waals surface area contributed by atoms with Crippen molar-refractivity contribution >= 4 is 27.4 Å². The van der Waals surface area contributed by atoms with Crippen LogP contribution in [0.1, 0.15) is 37.0 Å². The zero-order valence-electron chi connectivity index (χ0n) is 18.4. The Balaban J connectivity index is 2.11. The third-order valence-electron chi connectivity index (χ3n) is 4.86. The molecule has 2 rings (SSSR count). The summed E-state index contributed by atoms with van der Waals surface area (Å²) in [4.78, 5) is 11.8. The molecule has 1 N–H and O–H groups in total. The lowest BCUT2D eigenvalue weighted by atomic mass is 9.77. The van der Waals surface area contributed by atoms with E-state index in [1.54, 1.807) is 12.1 Å². The topological polar surface area (TPSA) is 105 Å². The number of carbonyl (C=O) groups is 1. The van der Waals surface area contributed by atoms with Crippen LogP contribution in [0.5, 0.6) is 11.5 Å². The van der Waals surface area contributed by atoms with Gasteiger partial charge in [-0.05, 0) is 41.8 Å². The Labute approximate surface area is 194 Å². The summed E-state index contributed by atoms with van der Waals surface area (Å²) in [6.07, 6.45) is 1.75. The van der Waals surface area contributed by atoms with Crippen LogP contribution in [0.2, 0.25) is 0 Å². The number of Topliss-reactive ketones (excluding diaryl/α,β-unsaturated/α-hetero) is 1. The highest BCUT2D eigenvalue weighted by molar-refractivity contribution is 7.88. The molecule has 0 bridgehead atoms. The van der Waals surface area contributed by atoms with Crippen molar-refractivity contribution in [2.75, 3.05) is 31.9 Å². The largest absolute Gasteiger partial charge is 0.494 e. The molecule has 0 saturated carbocycles. The van der Waals surface area contributed by atoms with E-state index >= 15 is 0 Å². The van der Waals surface area contributed by atoms with Gasteiger partial charge in [0.1, 0.15) is 24.2 Å². The molecule has 0 aliphatic carbocycles. The Bertz CT molecular complexity index is 1080. The van der Waals surface area contributed by atoms with E-state index in [0.717, 1.165) is 29.6 Å². The molecular weight excluding hydrogens is 452 g/mol. The first-order valence-electron chi connectivity index (χ1n) is 10.00. The molecule has 0 aliphatic heterocycles. The maximum atomic E-state index is 11.8. The van der Waals surface area contributed by atoms with Crippen molar-refractivity contribution in [3.05, 3.63) is 59.2 Å². The van der Waals surface area contributed by atoms with Crippen LogP contribution in [0.3, 0.4) is 0 Å². The first kappa shape index (κ1) is 25.7. The van der Waals surface area contributed by atoms with Crippen molar-refractivity contribution in [3.8, 4) is 17.6 Å². The van der Waals surface area contributed by atoms with Crippen LogP contribution in [0.4, 0.5) is 0 Å². The number of benzene rings is 2. The van der Waals surface area contributed by atoms with Crippen LogP contribution in [-0.2, 0) is 20.2 Å². The monoisotopic (exact) mass is 478 g/mol. The minimum absolute atomic E-state index is 0.266. The maximum absolute atomic E-state index is 11.8. The van der Waals surface area contributed by atoms with Gasteiger partial charge in [-0.1, -0.05) is 32.0 Å². The molecule has 172 valence electrons. The van der Waals surface area contributed by atoms with Gasteiger partial charge in [0.2, 0.25) is 10.0 Å². The summed E-state index contributed by atoms with van der Waals surface area (Å²) in [5, 5.41) is 9.56. The summed E-state index contributed by atoms with van der Waals surface area (Å²) in [6.45, 7) is 3.95. The standard InChI is InChI=1S/C23H27ClN2O5S/c1-23(2,18-5-8-21(9-6-18)30-12-4-11-24)19-7-10-22(17(13-19)14-25)31-16-20(27)15-26-32(3,28)29/h5-10,13,26H,4,11-12,15-16H2,1-3H3. The van der Waals surface area contributed by atoms with Crippen molar-refractivity contribution in [1.29, 1.82) is 5.26 Å². The van der Waals surface area contributed by atoms with E-state index in [2.05, 4.69) is 10.8 Å². The number of hydrogen-bond acceptors (Lipinski definition) is 6. The molecule has 0 saturated heterocycles. The number of nitrogens with one attached hydrogen (secondary N) is 1. The number of carbonyl (C=O) groups excluding carboxylic acids is 1. The molecule has 0 atom stereocenters. The van der Waals surface area contributed by atoms with E-state index in [1.165, 1.54) is 0 Å². The number of ketones is 1. The van der Waals surface area contributed by atoms with Crippen molar-refractivity contribution in [1.82, 2.24) is 4.72 Å². The zero-order valence-corrected chi connectivity index (χ0v) is 19.9. The molecule has 0 spiro atoms. The number of rotatable bonds is 12. The van der Waals surface area contributed by atoms with Gasteiger partial charge >= 0.3 is 0 Å². The fraction of sp³-hybridized carbons (Fsp3) is 0.391. The lowest BCUT2D eigenvalue weighted by Crippen LogP contribution is -2.31. The fourth-order valence-electron chi connectivity index (χ4n) is 2.93. The van der Waals surface area contributed by atoms with E-state index in [9.17, 15) is 18.5 Å². The van der Waals surface area contributed by atoms with Crippen LogP contribution < -0.4 is 14.2 Å². The molecule has 0 fully saturated rings. The Morgan fingerprint density at radius 2 is 1.78 bits per heavy atom. The lowest BCUT2D eigenvalue weighted by molar-refractivity contribution is -0.119. The molecule has 0 heterocycles. The molecule has 7 nitrogen and oxygen atoms in total. The highest BCUT2D eigenvalue weighted by Crippen LogP contribution is 2.34. The molecule has 2 aromatic carbocycles. The minimum Gasteiger partial charge on any atom is -0.494 e. The molecular formula is C23H27ClN2O5S. The van der Waals surface area contributed by atoms with Gasteiger partial charge in [-0.3, -0.25) is 4.79 Å². The second kappa shape index (κ2) is 11.3. The summed E-state index contributed by atoms with van der Waals surface area (Å²) in [6, 6.07) is 15.1. The second-order valence-corrected chi connectivity index (χ2v) is 9.99. The van der Waals surface area contributed by atoms with Crippen LogP contribution >= 0.6 is 11.6 Å². The zero-order chi connectivity index (χ0) is 23.8. The van der Waals surface area contributed by atoms with Crippen molar-refractivity contribution in [2.24, 2.45) is 0 Å². The number of ether oxygens (including phenoxy) is 2. The van der Waals surface area contributed by atoms with E-state index < -0.39 is 21.2 Å². The molecule has 32 heavy (non-hydrogen) atoms. The first-order chi connectivity index (χ1) is 15.1. The summed E-state index contributed by atoms with van der Waals surface area (Å²) in [5.74, 6) is 1.14. The fourth-order valence-corrected chi connectivity index (χ4v) is 3.46. The number of halogens is 1. The molecule has 0 aliphatic rings. The molecule has 9 heteroatoms. The molecule has 0 aromatic heterocycles. The average molecular weight is 479 g/mol. The molecule has 0 amide bonds. The highest BCUT2D eigenvalue weighted by atomic mass is 35.5. The Morgan fingerprint density at radius 1 is 1.12 bits per heavy atom. The van der Waals surface area contributed by atoms with Crippen molar-refractivity contribution in [3.63, 3.8) is 0 Å². The summed E-state index contributed by atoms with van der Waals surface area (Å²) >= 11 is 5.67. The SMILES string of the molecule is CC(C)(c1ccc(OCCCCl)cc1)c1ccc(OCC(=O)CNS(C)(=O)=O)c(C#N)c1. The number of hydrogen-bond donors (Lipinski definition) is 1. The van der Waals surface area contributed by atoms with Gasteiger partial charge < -0.3 is 9.47 Å². The Morgan fingerprint density at radius 3 is 2.38 bits per heavy atom. The molecule has 0 radical (unpaired) electrons. The Kier molecular flexibility index (Phi) is 9.08. The highest BCUT2D eigenvalue weighted by Gasteiger charge is 2.24. The van der Waals surface area contributed by atoms with Crippen LogP contribution in [0, 0.1) is 11.3 Å². The number of sulfonamides is 1. The maximum Gasteiger partial charge on any atom is 0.209 e. The van der Waals surface area contributed by atoms with Gasteiger partial charge in [-0.2, -0.15) is 5.26 Å². The molecule has 2 aromatic rings. The van der Waals surface area contributed by atoms with Crippen molar-refractivity contribution in [2.45, 2.75) is 25.7 Å². The van der Waals surface area contributed by atoms with E-state index in [4.69, 9.17) is 21.1 Å². The smallest absolute Gasteiger partial charge is 0.209 e. The van der Waals surface area contributed by atoms with Crippen LogP contribution in [-0.4, -0.2) is 46.1 Å². The van der Waals surface area contributed by atoms with Gasteiger partial charge in [-0.15, -0.1) is 11.6 Å². The van der Waals surface area contributed by atoms with E-state index in [1.807, 2.05) is 44.2 Å². The second-order valence-electron chi connectivity index (χ2n) is 7.78. The average Bonchev–Trinajstić information content (AvgIpc) is 2.76.